The summed E-state index contributed by atoms with van der Waals surface area (Å²) in [4.78, 5) is 3.65. The summed E-state index contributed by atoms with van der Waals surface area (Å²) in [7, 11) is 0. The van der Waals surface area contributed by atoms with Crippen LogP contribution >= 0.6 is 0 Å². The van der Waals surface area contributed by atoms with Gasteiger partial charge in [-0.3, -0.25) is 0 Å². The fraction of sp³-hybridized carbons (Fsp3) is 0.227. The first-order chi connectivity index (χ1) is 11.6. The van der Waals surface area contributed by atoms with Gasteiger partial charge in [-0.25, -0.2) is 4.98 Å². The van der Waals surface area contributed by atoms with E-state index in [1.165, 1.54) is 33.4 Å². The number of aromatic nitrogens is 1. The number of pyridine rings is 1. The van der Waals surface area contributed by atoms with E-state index in [1.807, 2.05) is 0 Å². The van der Waals surface area contributed by atoms with Crippen molar-refractivity contribution in [1.82, 2.24) is 0 Å². The Morgan fingerprint density at radius 1 is 1.00 bits per heavy atom. The smallest absolute Gasteiger partial charge is 0.213 e. The molecule has 0 spiro atoms. The maximum atomic E-state index is 3.69. The second-order valence-corrected chi connectivity index (χ2v) is 7.28. The highest BCUT2D eigenvalue weighted by atomic mass is 14.9. The van der Waals surface area contributed by atoms with Crippen LogP contribution in [0.15, 0.2) is 60.7 Å². The average molecular weight is 315 g/mol. The van der Waals surface area contributed by atoms with Crippen LogP contribution in [0.5, 0.6) is 0 Å². The molecular weight excluding hydrogens is 292 g/mol. The summed E-state index contributed by atoms with van der Waals surface area (Å²) in [6, 6.07) is 19.1. The molecule has 4 rings (SSSR count). The van der Waals surface area contributed by atoms with Gasteiger partial charge in [-0.1, -0.05) is 68.5 Å². The minimum absolute atomic E-state index is 0.197. The van der Waals surface area contributed by atoms with E-state index < -0.39 is 0 Å². The van der Waals surface area contributed by atoms with Crippen LogP contribution in [0.1, 0.15) is 30.7 Å². The van der Waals surface area contributed by atoms with Gasteiger partial charge in [0.2, 0.25) is 5.52 Å². The van der Waals surface area contributed by atoms with E-state index in [2.05, 4.69) is 90.9 Å². The first-order valence-corrected chi connectivity index (χ1v) is 8.56. The van der Waals surface area contributed by atoms with Gasteiger partial charge in [-0.15, -0.1) is 0 Å². The fourth-order valence-corrected chi connectivity index (χ4v) is 3.46. The molecule has 2 N–H and O–H groups in total. The molecule has 2 aromatic carbocycles. The Morgan fingerprint density at radius 2 is 1.75 bits per heavy atom. The summed E-state index contributed by atoms with van der Waals surface area (Å²) in [6.07, 6.45) is 5.63. The standard InChI is InChI=1S/C22H22N2/c1-22(2)13-12-18-20(14-22)24-19-11-7-6-10-17(19)21(18)23-15-16-8-4-3-5-9-16/h3-13H,14-15H2,1-2H3,(H,23,24)/p+1. The number of rotatable bonds is 3. The molecule has 1 aliphatic carbocycles. The van der Waals surface area contributed by atoms with Crippen molar-refractivity contribution in [2.45, 2.75) is 26.8 Å². The summed E-state index contributed by atoms with van der Waals surface area (Å²) >= 11 is 0. The number of benzene rings is 2. The van der Waals surface area contributed by atoms with E-state index in [9.17, 15) is 0 Å². The molecule has 2 nitrogen and oxygen atoms in total. The highest BCUT2D eigenvalue weighted by Crippen LogP contribution is 2.36. The average Bonchev–Trinajstić information content (AvgIpc) is 2.58. The fourth-order valence-electron chi connectivity index (χ4n) is 3.46. The highest BCUT2D eigenvalue weighted by Gasteiger charge is 2.28. The number of hydrogen-bond acceptors (Lipinski definition) is 1. The van der Waals surface area contributed by atoms with Crippen molar-refractivity contribution in [2.24, 2.45) is 5.41 Å². The lowest BCUT2D eigenvalue weighted by Crippen LogP contribution is -2.25. The monoisotopic (exact) mass is 315 g/mol. The molecule has 2 heteroatoms. The molecule has 0 fully saturated rings. The summed E-state index contributed by atoms with van der Waals surface area (Å²) in [6.45, 7) is 5.40. The predicted molar refractivity (Wildman–Crippen MR) is 101 cm³/mol. The number of H-pyrrole nitrogens is 1. The van der Waals surface area contributed by atoms with E-state index in [4.69, 9.17) is 0 Å². The van der Waals surface area contributed by atoms with Crippen molar-refractivity contribution in [2.75, 3.05) is 5.32 Å². The second-order valence-electron chi connectivity index (χ2n) is 7.28. The van der Waals surface area contributed by atoms with Gasteiger partial charge in [-0.05, 0) is 17.0 Å². The van der Waals surface area contributed by atoms with Crippen molar-refractivity contribution >= 4 is 22.7 Å². The van der Waals surface area contributed by atoms with E-state index >= 15 is 0 Å². The van der Waals surface area contributed by atoms with Crippen LogP contribution < -0.4 is 10.3 Å². The predicted octanol–water partition coefficient (Wildman–Crippen LogP) is 4.86. The summed E-state index contributed by atoms with van der Waals surface area (Å²) in [5.41, 5.74) is 6.53. The molecule has 1 heterocycles. The summed E-state index contributed by atoms with van der Waals surface area (Å²) in [5.74, 6) is 0. The number of hydrogen-bond donors (Lipinski definition) is 1. The minimum Gasteiger partial charge on any atom is -0.380 e. The lowest BCUT2D eigenvalue weighted by molar-refractivity contribution is -0.359. The van der Waals surface area contributed by atoms with Crippen molar-refractivity contribution in [3.05, 3.63) is 77.5 Å². The summed E-state index contributed by atoms with van der Waals surface area (Å²) < 4.78 is 0. The second kappa shape index (κ2) is 5.79. The van der Waals surface area contributed by atoms with Gasteiger partial charge in [-0.2, -0.15) is 0 Å². The maximum Gasteiger partial charge on any atom is 0.213 e. The minimum atomic E-state index is 0.197. The lowest BCUT2D eigenvalue weighted by atomic mass is 9.81. The zero-order valence-corrected chi connectivity index (χ0v) is 14.3. The molecule has 1 aliphatic rings. The topological polar surface area (TPSA) is 26.2 Å². The Hall–Kier alpha value is -2.61. The van der Waals surface area contributed by atoms with Crippen molar-refractivity contribution < 1.29 is 4.98 Å². The molecule has 0 atom stereocenters. The first-order valence-electron chi connectivity index (χ1n) is 8.56. The number of fused-ring (bicyclic) bond motifs is 2. The molecule has 3 aromatic rings. The summed E-state index contributed by atoms with van der Waals surface area (Å²) in [5, 5.41) is 4.93. The van der Waals surface area contributed by atoms with Crippen LogP contribution in [0.4, 0.5) is 5.69 Å². The zero-order chi connectivity index (χ0) is 16.6. The van der Waals surface area contributed by atoms with Crippen molar-refractivity contribution in [1.29, 1.82) is 0 Å². The van der Waals surface area contributed by atoms with Crippen LogP contribution in [0.25, 0.3) is 17.0 Å². The van der Waals surface area contributed by atoms with Gasteiger partial charge in [0.05, 0.1) is 16.6 Å². The molecule has 0 saturated carbocycles. The van der Waals surface area contributed by atoms with E-state index in [0.717, 1.165) is 13.0 Å². The molecule has 24 heavy (non-hydrogen) atoms. The number of nitrogens with one attached hydrogen (secondary N) is 2. The number of anilines is 1. The van der Waals surface area contributed by atoms with Gasteiger partial charge >= 0.3 is 0 Å². The van der Waals surface area contributed by atoms with E-state index in [1.54, 1.807) is 0 Å². The van der Waals surface area contributed by atoms with E-state index in [0.29, 0.717) is 0 Å². The number of para-hydroxylation sites is 1. The molecular formula is C22H23N2+. The Bertz CT molecular complexity index is 908. The van der Waals surface area contributed by atoms with Gasteiger partial charge < -0.3 is 5.32 Å². The Morgan fingerprint density at radius 3 is 2.58 bits per heavy atom. The molecule has 0 radical (unpaired) electrons. The largest absolute Gasteiger partial charge is 0.380 e. The van der Waals surface area contributed by atoms with Crippen LogP contribution in [0.3, 0.4) is 0 Å². The lowest BCUT2D eigenvalue weighted by Gasteiger charge is -2.24. The maximum absolute atomic E-state index is 3.69. The molecule has 0 bridgehead atoms. The SMILES string of the molecule is CC1(C)C=Cc2c([nH+]c3ccccc3c2NCc2ccccc2)C1. The zero-order valence-electron chi connectivity index (χ0n) is 14.3. The Balaban J connectivity index is 1.80. The van der Waals surface area contributed by atoms with Gasteiger partial charge in [0, 0.05) is 19.0 Å². The van der Waals surface area contributed by atoms with Gasteiger partial charge in [0.15, 0.2) is 5.69 Å². The van der Waals surface area contributed by atoms with Crippen molar-refractivity contribution in [3.8, 4) is 0 Å². The quantitative estimate of drug-likeness (QED) is 0.734. The number of aromatic amines is 1. The molecule has 0 saturated heterocycles. The molecule has 0 unspecified atom stereocenters. The third-order valence-corrected chi connectivity index (χ3v) is 4.72. The molecule has 1 aromatic heterocycles. The van der Waals surface area contributed by atoms with Crippen LogP contribution in [0.2, 0.25) is 0 Å². The molecule has 120 valence electrons. The van der Waals surface area contributed by atoms with Crippen LogP contribution in [-0.2, 0) is 13.0 Å². The number of allylic oxidation sites excluding steroid dienone is 1. The van der Waals surface area contributed by atoms with Gasteiger partial charge in [0.1, 0.15) is 0 Å². The third kappa shape index (κ3) is 2.80. The Kier molecular flexibility index (Phi) is 3.61. The molecule has 0 amide bonds. The van der Waals surface area contributed by atoms with Crippen molar-refractivity contribution in [3.63, 3.8) is 0 Å². The third-order valence-electron chi connectivity index (χ3n) is 4.72. The normalized spacial score (nSPS) is 15.2. The van der Waals surface area contributed by atoms with Crippen LogP contribution in [-0.4, -0.2) is 0 Å². The first kappa shape index (κ1) is 14.9. The highest BCUT2D eigenvalue weighted by molar-refractivity contribution is 5.94. The van der Waals surface area contributed by atoms with Gasteiger partial charge in [0.25, 0.3) is 0 Å². The van der Waals surface area contributed by atoms with Crippen LogP contribution in [0, 0.1) is 5.41 Å². The van der Waals surface area contributed by atoms with E-state index in [-0.39, 0.29) is 5.41 Å². The molecule has 0 aliphatic heterocycles. The Labute approximate surface area is 143 Å².